The van der Waals surface area contributed by atoms with E-state index < -0.39 is 0 Å². The first-order valence-electron chi connectivity index (χ1n) is 5.90. The van der Waals surface area contributed by atoms with Crippen molar-refractivity contribution in [2.75, 3.05) is 20.8 Å². The standard InChI is InChI=1S/C13H19NO3.ClH/c1-15-11-7-9(5-6-14)8-12(16-2)13(11)17-10-3-4-10;/h7-8,10H,3-6,14H2,1-2H3;1H. The Morgan fingerprint density at radius 2 is 1.72 bits per heavy atom. The van der Waals surface area contributed by atoms with Crippen LogP contribution in [0.15, 0.2) is 12.1 Å². The highest BCUT2D eigenvalue weighted by atomic mass is 35.5. The fourth-order valence-electron chi connectivity index (χ4n) is 1.71. The Kier molecular flexibility index (Phi) is 5.56. The molecule has 2 rings (SSSR count). The third-order valence-corrected chi connectivity index (χ3v) is 2.76. The van der Waals surface area contributed by atoms with E-state index in [1.165, 1.54) is 0 Å². The van der Waals surface area contributed by atoms with Gasteiger partial charge >= 0.3 is 0 Å². The molecule has 0 unspecified atom stereocenters. The van der Waals surface area contributed by atoms with Crippen LogP contribution in [0, 0.1) is 0 Å². The van der Waals surface area contributed by atoms with Crippen LogP contribution in [-0.4, -0.2) is 26.9 Å². The van der Waals surface area contributed by atoms with Crippen molar-refractivity contribution in [2.24, 2.45) is 5.73 Å². The van der Waals surface area contributed by atoms with Gasteiger partial charge in [0.25, 0.3) is 0 Å². The minimum Gasteiger partial charge on any atom is -0.493 e. The molecule has 0 amide bonds. The summed E-state index contributed by atoms with van der Waals surface area (Å²) in [6.45, 7) is 0.606. The van der Waals surface area contributed by atoms with Crippen molar-refractivity contribution in [3.05, 3.63) is 17.7 Å². The van der Waals surface area contributed by atoms with E-state index in [0.717, 1.165) is 36.3 Å². The molecule has 1 aliphatic rings. The molecule has 0 saturated heterocycles. The number of rotatable bonds is 6. The third kappa shape index (κ3) is 3.43. The number of hydrogen-bond acceptors (Lipinski definition) is 4. The molecular formula is C13H20ClNO3. The molecular weight excluding hydrogens is 254 g/mol. The number of ether oxygens (including phenoxy) is 3. The van der Waals surface area contributed by atoms with Crippen LogP contribution in [0.4, 0.5) is 0 Å². The summed E-state index contributed by atoms with van der Waals surface area (Å²) in [6.07, 6.45) is 3.34. The quantitative estimate of drug-likeness (QED) is 0.863. The molecule has 0 aliphatic heterocycles. The smallest absolute Gasteiger partial charge is 0.203 e. The molecule has 0 aromatic heterocycles. The summed E-state index contributed by atoms with van der Waals surface area (Å²) < 4.78 is 16.5. The van der Waals surface area contributed by atoms with Gasteiger partial charge in [-0.3, -0.25) is 0 Å². The van der Waals surface area contributed by atoms with Crippen LogP contribution in [0.2, 0.25) is 0 Å². The summed E-state index contributed by atoms with van der Waals surface area (Å²) in [5, 5.41) is 0. The SMILES string of the molecule is COc1cc(CCN)cc(OC)c1OC1CC1.Cl. The monoisotopic (exact) mass is 273 g/mol. The fourth-order valence-corrected chi connectivity index (χ4v) is 1.71. The van der Waals surface area contributed by atoms with Crippen LogP contribution in [-0.2, 0) is 6.42 Å². The summed E-state index contributed by atoms with van der Waals surface area (Å²) in [4.78, 5) is 0. The Labute approximate surface area is 114 Å². The van der Waals surface area contributed by atoms with Gasteiger partial charge in [-0.1, -0.05) is 0 Å². The van der Waals surface area contributed by atoms with E-state index in [1.54, 1.807) is 14.2 Å². The minimum absolute atomic E-state index is 0. The van der Waals surface area contributed by atoms with Crippen LogP contribution >= 0.6 is 12.4 Å². The molecule has 0 spiro atoms. The molecule has 1 aliphatic carbocycles. The van der Waals surface area contributed by atoms with Crippen LogP contribution in [0.1, 0.15) is 18.4 Å². The lowest BCUT2D eigenvalue weighted by Gasteiger charge is -2.15. The van der Waals surface area contributed by atoms with Crippen molar-refractivity contribution >= 4 is 12.4 Å². The number of methoxy groups -OCH3 is 2. The lowest BCUT2D eigenvalue weighted by Crippen LogP contribution is -2.05. The largest absolute Gasteiger partial charge is 0.493 e. The van der Waals surface area contributed by atoms with Gasteiger partial charge < -0.3 is 19.9 Å². The van der Waals surface area contributed by atoms with Gasteiger partial charge in [0.15, 0.2) is 11.5 Å². The van der Waals surface area contributed by atoms with Gasteiger partial charge in [0.05, 0.1) is 20.3 Å². The molecule has 1 fully saturated rings. The Bertz CT molecular complexity index is 369. The van der Waals surface area contributed by atoms with E-state index in [-0.39, 0.29) is 12.4 Å². The maximum Gasteiger partial charge on any atom is 0.203 e. The molecule has 0 heterocycles. The molecule has 0 radical (unpaired) electrons. The number of benzene rings is 1. The van der Waals surface area contributed by atoms with Crippen LogP contribution in [0.3, 0.4) is 0 Å². The highest BCUT2D eigenvalue weighted by Crippen LogP contribution is 2.42. The number of hydrogen-bond donors (Lipinski definition) is 1. The molecule has 18 heavy (non-hydrogen) atoms. The van der Waals surface area contributed by atoms with Crippen molar-refractivity contribution in [3.8, 4) is 17.2 Å². The predicted octanol–water partition coefficient (Wildman–Crippen LogP) is 2.17. The summed E-state index contributed by atoms with van der Waals surface area (Å²) in [5.41, 5.74) is 6.66. The van der Waals surface area contributed by atoms with E-state index >= 15 is 0 Å². The molecule has 5 heteroatoms. The van der Waals surface area contributed by atoms with E-state index in [0.29, 0.717) is 18.4 Å². The number of halogens is 1. The second-order valence-electron chi connectivity index (χ2n) is 4.19. The van der Waals surface area contributed by atoms with Crippen molar-refractivity contribution in [1.82, 2.24) is 0 Å². The van der Waals surface area contributed by atoms with Crippen molar-refractivity contribution in [3.63, 3.8) is 0 Å². The van der Waals surface area contributed by atoms with Crippen molar-refractivity contribution < 1.29 is 14.2 Å². The predicted molar refractivity (Wildman–Crippen MR) is 73.2 cm³/mol. The maximum atomic E-state index is 5.82. The molecule has 2 N–H and O–H groups in total. The molecule has 0 atom stereocenters. The number of nitrogens with two attached hydrogens (primary N) is 1. The molecule has 1 aromatic carbocycles. The minimum atomic E-state index is 0. The zero-order chi connectivity index (χ0) is 12.3. The van der Waals surface area contributed by atoms with E-state index in [2.05, 4.69) is 0 Å². The summed E-state index contributed by atoms with van der Waals surface area (Å²) in [7, 11) is 3.28. The van der Waals surface area contributed by atoms with Gasteiger partial charge in [-0.05, 0) is 43.5 Å². The first-order chi connectivity index (χ1) is 8.28. The zero-order valence-electron chi connectivity index (χ0n) is 10.8. The zero-order valence-corrected chi connectivity index (χ0v) is 11.6. The summed E-state index contributed by atoms with van der Waals surface area (Å²) in [5.74, 6) is 2.15. The molecule has 4 nitrogen and oxygen atoms in total. The lowest BCUT2D eigenvalue weighted by molar-refractivity contribution is 0.263. The van der Waals surface area contributed by atoms with E-state index in [4.69, 9.17) is 19.9 Å². The second-order valence-corrected chi connectivity index (χ2v) is 4.19. The third-order valence-electron chi connectivity index (χ3n) is 2.76. The first-order valence-corrected chi connectivity index (χ1v) is 5.90. The van der Waals surface area contributed by atoms with Gasteiger partial charge in [-0.25, -0.2) is 0 Å². The van der Waals surface area contributed by atoms with Gasteiger partial charge in [-0.2, -0.15) is 0 Å². The average molecular weight is 274 g/mol. The van der Waals surface area contributed by atoms with Gasteiger partial charge in [-0.15, -0.1) is 12.4 Å². The highest BCUT2D eigenvalue weighted by molar-refractivity contribution is 5.85. The summed E-state index contributed by atoms with van der Waals surface area (Å²) in [6, 6.07) is 3.93. The van der Waals surface area contributed by atoms with Crippen molar-refractivity contribution in [2.45, 2.75) is 25.4 Å². The van der Waals surface area contributed by atoms with E-state index in [9.17, 15) is 0 Å². The Balaban J connectivity index is 0.00000162. The topological polar surface area (TPSA) is 53.7 Å². The van der Waals surface area contributed by atoms with Crippen LogP contribution < -0.4 is 19.9 Å². The Hall–Kier alpha value is -1.13. The molecule has 1 saturated carbocycles. The lowest BCUT2D eigenvalue weighted by atomic mass is 10.1. The Morgan fingerprint density at radius 1 is 1.17 bits per heavy atom. The highest BCUT2D eigenvalue weighted by Gasteiger charge is 2.27. The normalized spacial score (nSPS) is 13.7. The molecule has 102 valence electrons. The molecule has 1 aromatic rings. The summed E-state index contributed by atoms with van der Waals surface area (Å²) >= 11 is 0. The van der Waals surface area contributed by atoms with Gasteiger partial charge in [0, 0.05) is 0 Å². The van der Waals surface area contributed by atoms with E-state index in [1.807, 2.05) is 12.1 Å². The Morgan fingerprint density at radius 3 is 2.11 bits per heavy atom. The van der Waals surface area contributed by atoms with Crippen LogP contribution in [0.5, 0.6) is 17.2 Å². The first kappa shape index (κ1) is 14.9. The second kappa shape index (κ2) is 6.71. The maximum absolute atomic E-state index is 5.82. The van der Waals surface area contributed by atoms with Gasteiger partial charge in [0.1, 0.15) is 0 Å². The molecule has 0 bridgehead atoms. The average Bonchev–Trinajstić information content (AvgIpc) is 3.14. The fraction of sp³-hybridized carbons (Fsp3) is 0.538. The van der Waals surface area contributed by atoms with Gasteiger partial charge in [0.2, 0.25) is 5.75 Å². The van der Waals surface area contributed by atoms with Crippen molar-refractivity contribution in [1.29, 1.82) is 0 Å². The van der Waals surface area contributed by atoms with Crippen LogP contribution in [0.25, 0.3) is 0 Å².